The molecule has 0 aliphatic rings. The van der Waals surface area contributed by atoms with Crippen LogP contribution in [0.15, 0.2) is 24.3 Å². The Balaban J connectivity index is 2.35. The quantitative estimate of drug-likeness (QED) is 0.683. The van der Waals surface area contributed by atoms with Gasteiger partial charge in [-0.2, -0.15) is 0 Å². The van der Waals surface area contributed by atoms with Crippen molar-refractivity contribution >= 4 is 21.8 Å². The first-order chi connectivity index (χ1) is 10.1. The van der Waals surface area contributed by atoms with Crippen molar-refractivity contribution in [3.8, 4) is 0 Å². The fourth-order valence-corrected chi connectivity index (χ4v) is 2.66. The number of amides is 1. The van der Waals surface area contributed by atoms with Gasteiger partial charge in [0.1, 0.15) is 0 Å². The topological polar surface area (TPSA) is 32.3 Å². The Morgan fingerprint density at radius 3 is 2.38 bits per heavy atom. The maximum absolute atomic E-state index is 12.1. The predicted molar refractivity (Wildman–Crippen MR) is 93.0 cm³/mol. The molecule has 0 aliphatic heterocycles. The molecule has 0 aliphatic carbocycles. The smallest absolute Gasteiger partial charge is 0.251 e. The van der Waals surface area contributed by atoms with E-state index in [1.807, 2.05) is 24.3 Å². The molecule has 0 radical (unpaired) electrons. The largest absolute Gasteiger partial charge is 0.350 e. The summed E-state index contributed by atoms with van der Waals surface area (Å²) >= 11 is 3.41. The van der Waals surface area contributed by atoms with Crippen LogP contribution in [0.2, 0.25) is 0 Å². The van der Waals surface area contributed by atoms with Crippen LogP contribution in [0.1, 0.15) is 49.5 Å². The zero-order chi connectivity index (χ0) is 15.7. The molecular weight excluding hydrogens is 328 g/mol. The molecule has 1 aromatic carbocycles. The predicted octanol–water partition coefficient (Wildman–Crippen LogP) is 3.82. The van der Waals surface area contributed by atoms with E-state index in [2.05, 4.69) is 46.9 Å². The third kappa shape index (κ3) is 6.62. The average Bonchev–Trinajstić information content (AvgIpc) is 2.51. The zero-order valence-electron chi connectivity index (χ0n) is 13.4. The molecule has 1 aromatic rings. The Hall–Kier alpha value is -0.870. The molecule has 0 saturated heterocycles. The first-order valence-electron chi connectivity index (χ1n) is 7.78. The molecule has 0 bridgehead atoms. The third-order valence-electron chi connectivity index (χ3n) is 3.75. The van der Waals surface area contributed by atoms with E-state index in [1.54, 1.807) is 0 Å². The van der Waals surface area contributed by atoms with Crippen LogP contribution in [0, 0.1) is 0 Å². The maximum Gasteiger partial charge on any atom is 0.251 e. The van der Waals surface area contributed by atoms with Crippen molar-refractivity contribution in [3.05, 3.63) is 35.4 Å². The number of carbonyl (C=O) groups is 1. The van der Waals surface area contributed by atoms with Crippen LogP contribution in [-0.4, -0.2) is 36.5 Å². The Labute approximate surface area is 137 Å². The second-order valence-electron chi connectivity index (χ2n) is 5.37. The first kappa shape index (κ1) is 18.2. The summed E-state index contributed by atoms with van der Waals surface area (Å²) in [5.74, 6) is 0.0199. The molecule has 118 valence electrons. The number of halogens is 1. The van der Waals surface area contributed by atoms with Crippen molar-refractivity contribution in [2.75, 3.05) is 19.6 Å². The second-order valence-corrected chi connectivity index (χ2v) is 5.93. The van der Waals surface area contributed by atoms with Gasteiger partial charge in [0.25, 0.3) is 5.91 Å². The highest BCUT2D eigenvalue weighted by Crippen LogP contribution is 2.08. The van der Waals surface area contributed by atoms with Crippen LogP contribution in [0.5, 0.6) is 0 Å². The van der Waals surface area contributed by atoms with Gasteiger partial charge in [-0.05, 0) is 57.1 Å². The van der Waals surface area contributed by atoms with E-state index in [4.69, 9.17) is 0 Å². The fourth-order valence-electron chi connectivity index (χ4n) is 2.29. The van der Waals surface area contributed by atoms with Gasteiger partial charge in [0.15, 0.2) is 0 Å². The molecule has 21 heavy (non-hydrogen) atoms. The van der Waals surface area contributed by atoms with E-state index in [0.717, 1.165) is 43.4 Å². The van der Waals surface area contributed by atoms with Gasteiger partial charge in [0, 0.05) is 16.9 Å². The lowest BCUT2D eigenvalue weighted by Crippen LogP contribution is -2.33. The minimum absolute atomic E-state index is 0.0199. The molecule has 0 fully saturated rings. The summed E-state index contributed by atoms with van der Waals surface area (Å²) in [5, 5.41) is 3.89. The Kier molecular flexibility index (Phi) is 8.62. The van der Waals surface area contributed by atoms with Gasteiger partial charge in [-0.3, -0.25) is 4.79 Å². The molecule has 1 rings (SSSR count). The van der Waals surface area contributed by atoms with E-state index < -0.39 is 0 Å². The minimum Gasteiger partial charge on any atom is -0.350 e. The van der Waals surface area contributed by atoms with Crippen LogP contribution in [0.25, 0.3) is 0 Å². The monoisotopic (exact) mass is 354 g/mol. The number of rotatable bonds is 9. The van der Waals surface area contributed by atoms with Crippen LogP contribution < -0.4 is 5.32 Å². The fraction of sp³-hybridized carbons (Fsp3) is 0.588. The number of hydrogen-bond acceptors (Lipinski definition) is 2. The number of alkyl halides is 1. The molecule has 3 nitrogen and oxygen atoms in total. The van der Waals surface area contributed by atoms with E-state index in [-0.39, 0.29) is 11.9 Å². The van der Waals surface area contributed by atoms with E-state index in [0.29, 0.717) is 0 Å². The number of benzene rings is 1. The first-order valence-corrected chi connectivity index (χ1v) is 8.90. The molecular formula is C17H27BrN2O. The highest BCUT2D eigenvalue weighted by molar-refractivity contribution is 9.08. The molecule has 0 heterocycles. The molecule has 1 N–H and O–H groups in total. The summed E-state index contributed by atoms with van der Waals surface area (Å²) in [5.41, 5.74) is 1.91. The Morgan fingerprint density at radius 1 is 1.24 bits per heavy atom. The van der Waals surface area contributed by atoms with Gasteiger partial charge in [-0.1, -0.05) is 41.9 Å². The van der Waals surface area contributed by atoms with Gasteiger partial charge >= 0.3 is 0 Å². The summed E-state index contributed by atoms with van der Waals surface area (Å²) in [7, 11) is 0. The summed E-state index contributed by atoms with van der Waals surface area (Å²) in [6, 6.07) is 7.94. The summed E-state index contributed by atoms with van der Waals surface area (Å²) in [4.78, 5) is 14.5. The van der Waals surface area contributed by atoms with Crippen LogP contribution in [0.3, 0.4) is 0 Å². The van der Waals surface area contributed by atoms with Crippen molar-refractivity contribution in [1.82, 2.24) is 10.2 Å². The average molecular weight is 355 g/mol. The standard InChI is InChI=1S/C17H27BrN2O/c1-4-20(5-2)12-6-7-14(3)19-17(21)16-10-8-15(13-18)9-11-16/h8-11,14H,4-7,12-13H2,1-3H3,(H,19,21). The van der Waals surface area contributed by atoms with Gasteiger partial charge < -0.3 is 10.2 Å². The van der Waals surface area contributed by atoms with Gasteiger partial charge in [0.05, 0.1) is 0 Å². The normalized spacial score (nSPS) is 12.4. The molecule has 0 spiro atoms. The highest BCUT2D eigenvalue weighted by atomic mass is 79.9. The number of hydrogen-bond donors (Lipinski definition) is 1. The Bertz CT molecular complexity index is 415. The van der Waals surface area contributed by atoms with Crippen molar-refractivity contribution in [2.45, 2.75) is 45.0 Å². The van der Waals surface area contributed by atoms with Crippen molar-refractivity contribution in [3.63, 3.8) is 0 Å². The van der Waals surface area contributed by atoms with Crippen molar-refractivity contribution in [1.29, 1.82) is 0 Å². The van der Waals surface area contributed by atoms with Crippen LogP contribution >= 0.6 is 15.9 Å². The summed E-state index contributed by atoms with van der Waals surface area (Å²) in [6.07, 6.45) is 2.13. The number of nitrogens with one attached hydrogen (secondary N) is 1. The number of carbonyl (C=O) groups excluding carboxylic acids is 1. The van der Waals surface area contributed by atoms with Crippen molar-refractivity contribution in [2.24, 2.45) is 0 Å². The summed E-state index contributed by atoms with van der Waals surface area (Å²) < 4.78 is 0. The van der Waals surface area contributed by atoms with Crippen LogP contribution in [0.4, 0.5) is 0 Å². The minimum atomic E-state index is 0.0199. The van der Waals surface area contributed by atoms with Crippen molar-refractivity contribution < 1.29 is 4.79 Å². The highest BCUT2D eigenvalue weighted by Gasteiger charge is 2.10. The lowest BCUT2D eigenvalue weighted by molar-refractivity contribution is 0.0937. The number of nitrogens with zero attached hydrogens (tertiary/aromatic N) is 1. The van der Waals surface area contributed by atoms with E-state index in [1.165, 1.54) is 5.56 Å². The van der Waals surface area contributed by atoms with E-state index >= 15 is 0 Å². The SMILES string of the molecule is CCN(CC)CCCC(C)NC(=O)c1ccc(CBr)cc1. The molecule has 1 unspecified atom stereocenters. The summed E-state index contributed by atoms with van der Waals surface area (Å²) in [6.45, 7) is 9.74. The molecule has 1 amide bonds. The van der Waals surface area contributed by atoms with Gasteiger partial charge in [-0.15, -0.1) is 0 Å². The molecule has 0 aromatic heterocycles. The van der Waals surface area contributed by atoms with Gasteiger partial charge in [0.2, 0.25) is 0 Å². The maximum atomic E-state index is 12.1. The lowest BCUT2D eigenvalue weighted by atomic mass is 10.1. The third-order valence-corrected chi connectivity index (χ3v) is 4.40. The molecule has 1 atom stereocenters. The zero-order valence-corrected chi connectivity index (χ0v) is 14.9. The molecule has 4 heteroatoms. The Morgan fingerprint density at radius 2 is 1.86 bits per heavy atom. The molecule has 0 saturated carbocycles. The second kappa shape index (κ2) is 9.96. The van der Waals surface area contributed by atoms with Gasteiger partial charge in [-0.25, -0.2) is 0 Å². The van der Waals surface area contributed by atoms with E-state index in [9.17, 15) is 4.79 Å². The lowest BCUT2D eigenvalue weighted by Gasteiger charge is -2.19. The van der Waals surface area contributed by atoms with Crippen LogP contribution in [-0.2, 0) is 5.33 Å².